The van der Waals surface area contributed by atoms with Gasteiger partial charge in [0.2, 0.25) is 0 Å². The molecule has 0 aliphatic carbocycles. The van der Waals surface area contributed by atoms with Crippen LogP contribution in [0.4, 0.5) is 5.13 Å². The zero-order chi connectivity index (χ0) is 12.0. The van der Waals surface area contributed by atoms with Gasteiger partial charge in [-0.1, -0.05) is 6.08 Å². The molecule has 0 aliphatic rings. The Morgan fingerprint density at radius 1 is 1.75 bits per heavy atom. The zero-order valence-corrected chi connectivity index (χ0v) is 9.79. The number of aryl methyl sites for hydroxylation is 1. The Hall–Kier alpha value is -1.63. The fraction of sp³-hybridized carbons (Fsp3) is 0.444. The molecule has 0 aliphatic heterocycles. The van der Waals surface area contributed by atoms with Crippen LogP contribution >= 0.6 is 11.3 Å². The van der Waals surface area contributed by atoms with Gasteiger partial charge in [-0.2, -0.15) is 4.84 Å². The van der Waals surface area contributed by atoms with E-state index < -0.39 is 5.09 Å². The molecule has 1 heterocycles. The molecule has 0 saturated heterocycles. The molecule has 0 bridgehead atoms. The van der Waals surface area contributed by atoms with Crippen molar-refractivity contribution < 1.29 is 15.1 Å². The number of nitrogens with zero attached hydrogens (tertiary/aromatic N) is 2. The van der Waals surface area contributed by atoms with E-state index in [4.69, 9.17) is 5.21 Å². The number of hydrogen-bond acceptors (Lipinski definition) is 5. The molecule has 2 N–H and O–H groups in total. The smallest absolute Gasteiger partial charge is 0.358 e. The molecule has 1 rings (SSSR count). The molecule has 0 aromatic carbocycles. The Kier molecular flexibility index (Phi) is 4.71. The monoisotopic (exact) mass is 244 g/mol. The molecule has 1 aromatic rings. The van der Waals surface area contributed by atoms with Gasteiger partial charge in [0.1, 0.15) is 4.91 Å². The second kappa shape index (κ2) is 6.06. The van der Waals surface area contributed by atoms with Gasteiger partial charge in [0.05, 0.1) is 5.69 Å². The average Bonchev–Trinajstić information content (AvgIpc) is 2.56. The number of hydrogen-bond donors (Lipinski definition) is 2. The summed E-state index contributed by atoms with van der Waals surface area (Å²) in [4.78, 5) is 19.8. The van der Waals surface area contributed by atoms with Gasteiger partial charge < -0.3 is 5.32 Å². The SMILES string of the molecule is C=CCNc1nc(C)c(CCO[N+](=O)O)s1. The lowest BCUT2D eigenvalue weighted by molar-refractivity contribution is -0.975. The maximum absolute atomic E-state index is 10.1. The molecular formula is C9H14N3O3S+. The summed E-state index contributed by atoms with van der Waals surface area (Å²) in [7, 11) is 0. The number of rotatable bonds is 7. The minimum absolute atomic E-state index is 0.129. The molecule has 0 unspecified atom stereocenters. The maximum atomic E-state index is 10.1. The second-order valence-electron chi connectivity index (χ2n) is 3.02. The van der Waals surface area contributed by atoms with Crippen LogP contribution in [0.25, 0.3) is 0 Å². The van der Waals surface area contributed by atoms with Crippen molar-refractivity contribution in [3.05, 3.63) is 28.1 Å². The van der Waals surface area contributed by atoms with Crippen LogP contribution in [0.3, 0.4) is 0 Å². The third kappa shape index (κ3) is 3.85. The van der Waals surface area contributed by atoms with Crippen molar-refractivity contribution >= 4 is 16.5 Å². The van der Waals surface area contributed by atoms with Crippen molar-refractivity contribution in [3.8, 4) is 0 Å². The first-order chi connectivity index (χ1) is 7.63. The normalized spacial score (nSPS) is 9.81. The van der Waals surface area contributed by atoms with Crippen LogP contribution in [0.2, 0.25) is 0 Å². The summed E-state index contributed by atoms with van der Waals surface area (Å²) in [5.74, 6) is 0. The predicted octanol–water partition coefficient (Wildman–Crippen LogP) is 1.69. The summed E-state index contributed by atoms with van der Waals surface area (Å²) >= 11 is 1.50. The molecule has 0 amide bonds. The Morgan fingerprint density at radius 2 is 2.50 bits per heavy atom. The van der Waals surface area contributed by atoms with Crippen molar-refractivity contribution in [2.45, 2.75) is 13.3 Å². The Morgan fingerprint density at radius 3 is 3.12 bits per heavy atom. The highest BCUT2D eigenvalue weighted by molar-refractivity contribution is 7.15. The van der Waals surface area contributed by atoms with Crippen molar-refractivity contribution in [3.63, 3.8) is 0 Å². The lowest BCUT2D eigenvalue weighted by atomic mass is 10.3. The largest absolute Gasteiger partial charge is 0.475 e. The molecule has 0 saturated carbocycles. The van der Waals surface area contributed by atoms with Crippen molar-refractivity contribution in [1.82, 2.24) is 4.98 Å². The first-order valence-electron chi connectivity index (χ1n) is 4.73. The summed E-state index contributed by atoms with van der Waals surface area (Å²) in [6.45, 7) is 6.28. The fourth-order valence-corrected chi connectivity index (χ4v) is 2.06. The quantitative estimate of drug-likeness (QED) is 0.564. The first-order valence-corrected chi connectivity index (χ1v) is 5.55. The van der Waals surface area contributed by atoms with Crippen LogP contribution in [-0.4, -0.2) is 28.4 Å². The molecule has 0 radical (unpaired) electrons. The average molecular weight is 244 g/mol. The lowest BCUT2D eigenvalue weighted by Gasteiger charge is -1.94. The van der Waals surface area contributed by atoms with E-state index in [1.54, 1.807) is 6.08 Å². The van der Waals surface area contributed by atoms with E-state index >= 15 is 0 Å². The first kappa shape index (κ1) is 12.4. The van der Waals surface area contributed by atoms with Gasteiger partial charge in [-0.15, -0.1) is 17.9 Å². The van der Waals surface area contributed by atoms with Crippen LogP contribution in [-0.2, 0) is 11.3 Å². The van der Waals surface area contributed by atoms with E-state index in [0.29, 0.717) is 13.0 Å². The van der Waals surface area contributed by atoms with Crippen LogP contribution in [0.1, 0.15) is 10.6 Å². The summed E-state index contributed by atoms with van der Waals surface area (Å²) in [6, 6.07) is 0. The third-order valence-electron chi connectivity index (χ3n) is 1.82. The Bertz CT molecular complexity index is 378. The maximum Gasteiger partial charge on any atom is 0.475 e. The highest BCUT2D eigenvalue weighted by Gasteiger charge is 2.10. The van der Waals surface area contributed by atoms with Gasteiger partial charge in [0.25, 0.3) is 0 Å². The minimum atomic E-state index is -0.534. The standard InChI is InChI=1S/C9H14N3O3S/c1-3-5-10-9-11-7(2)8(16-9)4-6-15-12(13)14/h3H,1,4-6H2,2H3,(H,10,11)(H,13,14)/q+1. The lowest BCUT2D eigenvalue weighted by Crippen LogP contribution is -2.06. The van der Waals surface area contributed by atoms with E-state index in [9.17, 15) is 4.91 Å². The molecule has 6 nitrogen and oxygen atoms in total. The van der Waals surface area contributed by atoms with Gasteiger partial charge in [0, 0.05) is 17.8 Å². The molecule has 16 heavy (non-hydrogen) atoms. The third-order valence-corrected chi connectivity index (χ3v) is 3.00. The predicted molar refractivity (Wildman–Crippen MR) is 60.6 cm³/mol. The van der Waals surface area contributed by atoms with Crippen molar-refractivity contribution in [1.29, 1.82) is 0 Å². The molecular weight excluding hydrogens is 230 g/mol. The number of aromatic nitrogens is 1. The van der Waals surface area contributed by atoms with Crippen LogP contribution in [0.5, 0.6) is 0 Å². The van der Waals surface area contributed by atoms with Crippen molar-refractivity contribution in [2.75, 3.05) is 18.5 Å². The van der Waals surface area contributed by atoms with E-state index in [1.165, 1.54) is 11.3 Å². The zero-order valence-electron chi connectivity index (χ0n) is 8.97. The Balaban J connectivity index is 2.49. The van der Waals surface area contributed by atoms with E-state index in [0.717, 1.165) is 15.7 Å². The van der Waals surface area contributed by atoms with E-state index in [1.807, 2.05) is 6.92 Å². The van der Waals surface area contributed by atoms with Crippen LogP contribution in [0.15, 0.2) is 12.7 Å². The van der Waals surface area contributed by atoms with E-state index in [2.05, 4.69) is 21.7 Å². The fourth-order valence-electron chi connectivity index (χ4n) is 1.11. The molecule has 88 valence electrons. The van der Waals surface area contributed by atoms with Gasteiger partial charge >= 0.3 is 5.09 Å². The highest BCUT2D eigenvalue weighted by atomic mass is 32.1. The highest BCUT2D eigenvalue weighted by Crippen LogP contribution is 2.22. The summed E-state index contributed by atoms with van der Waals surface area (Å²) in [5, 5.41) is 11.6. The topological polar surface area (TPSA) is 74.5 Å². The van der Waals surface area contributed by atoms with Gasteiger partial charge in [-0.3, -0.25) is 0 Å². The second-order valence-corrected chi connectivity index (χ2v) is 4.10. The van der Waals surface area contributed by atoms with Crippen LogP contribution < -0.4 is 5.32 Å². The number of anilines is 1. The summed E-state index contributed by atoms with van der Waals surface area (Å²) < 4.78 is 0. The number of thiazole rings is 1. The van der Waals surface area contributed by atoms with Gasteiger partial charge in [-0.05, 0) is 6.92 Å². The van der Waals surface area contributed by atoms with Gasteiger partial charge in [0.15, 0.2) is 11.7 Å². The molecule has 7 heteroatoms. The van der Waals surface area contributed by atoms with Gasteiger partial charge in [-0.25, -0.2) is 10.2 Å². The summed E-state index contributed by atoms with van der Waals surface area (Å²) in [6.07, 6.45) is 2.29. The Labute approximate surface area is 97.1 Å². The van der Waals surface area contributed by atoms with Crippen molar-refractivity contribution in [2.24, 2.45) is 0 Å². The molecule has 0 fully saturated rings. The minimum Gasteiger partial charge on any atom is -0.358 e. The summed E-state index contributed by atoms with van der Waals surface area (Å²) in [5.41, 5.74) is 0.899. The molecule has 0 spiro atoms. The number of nitrogens with one attached hydrogen (secondary N) is 1. The molecule has 1 aromatic heterocycles. The molecule has 0 atom stereocenters. The van der Waals surface area contributed by atoms with E-state index in [-0.39, 0.29) is 6.61 Å². The van der Waals surface area contributed by atoms with Crippen LogP contribution in [0, 0.1) is 11.8 Å².